The molecule has 0 radical (unpaired) electrons. The first-order chi connectivity index (χ1) is 12.8. The second kappa shape index (κ2) is 5.50. The van der Waals surface area contributed by atoms with Crippen molar-refractivity contribution in [3.63, 3.8) is 0 Å². The third-order valence-electron chi connectivity index (χ3n) is 4.67. The lowest BCUT2D eigenvalue weighted by molar-refractivity contribution is 0.458. The summed E-state index contributed by atoms with van der Waals surface area (Å²) in [4.78, 5) is 0. The second-order valence-electron chi connectivity index (χ2n) is 6.28. The molecule has 7 nitrogen and oxygen atoms in total. The molecule has 4 aromatic rings. The molecule has 0 heterocycles. The van der Waals surface area contributed by atoms with Gasteiger partial charge in [0.15, 0.2) is 0 Å². The number of aromatic hydroxyl groups is 5. The van der Waals surface area contributed by atoms with E-state index in [9.17, 15) is 25.5 Å². The van der Waals surface area contributed by atoms with Gasteiger partial charge in [0, 0.05) is 16.9 Å². The quantitative estimate of drug-likeness (QED) is 0.155. The Morgan fingerprint density at radius 1 is 0.556 bits per heavy atom. The smallest absolute Gasteiger partial charge is 0.137 e. The molecule has 136 valence electrons. The van der Waals surface area contributed by atoms with E-state index in [0.717, 1.165) is 0 Å². The average Bonchev–Trinajstić information content (AvgIpc) is 2.63. The van der Waals surface area contributed by atoms with Gasteiger partial charge in [-0.25, -0.2) is 0 Å². The van der Waals surface area contributed by atoms with E-state index in [2.05, 4.69) is 0 Å². The zero-order valence-electron chi connectivity index (χ0n) is 13.9. The van der Waals surface area contributed by atoms with Crippen molar-refractivity contribution in [2.75, 3.05) is 11.5 Å². The van der Waals surface area contributed by atoms with Gasteiger partial charge in [0.25, 0.3) is 0 Å². The van der Waals surface area contributed by atoms with Crippen molar-refractivity contribution in [1.29, 1.82) is 0 Å². The topological polar surface area (TPSA) is 153 Å². The Morgan fingerprint density at radius 3 is 1.81 bits per heavy atom. The Balaban J connectivity index is 2.22. The molecule has 0 atom stereocenters. The van der Waals surface area contributed by atoms with Crippen molar-refractivity contribution in [2.45, 2.75) is 0 Å². The van der Waals surface area contributed by atoms with Crippen LogP contribution in [-0.2, 0) is 0 Å². The first-order valence-corrected chi connectivity index (χ1v) is 8.00. The largest absolute Gasteiger partial charge is 0.508 e. The van der Waals surface area contributed by atoms with E-state index in [4.69, 9.17) is 11.5 Å². The molecule has 0 aliphatic carbocycles. The SMILES string of the molecule is Nc1ccc(O)c2c(O)c3c(N)cc(-c4ccc(O)cc4)c(O)c3c(O)c12. The van der Waals surface area contributed by atoms with Gasteiger partial charge in [-0.2, -0.15) is 0 Å². The fourth-order valence-corrected chi connectivity index (χ4v) is 3.39. The highest BCUT2D eigenvalue weighted by Gasteiger charge is 2.24. The van der Waals surface area contributed by atoms with Gasteiger partial charge in [-0.1, -0.05) is 12.1 Å². The maximum absolute atomic E-state index is 10.8. The molecule has 0 aliphatic heterocycles. The highest BCUT2D eigenvalue weighted by atomic mass is 16.3. The number of nitrogens with two attached hydrogens (primary N) is 2. The van der Waals surface area contributed by atoms with Crippen LogP contribution in [0.4, 0.5) is 11.4 Å². The van der Waals surface area contributed by atoms with Crippen LogP contribution in [0.5, 0.6) is 28.7 Å². The zero-order chi connectivity index (χ0) is 19.5. The molecule has 4 aromatic carbocycles. The summed E-state index contributed by atoms with van der Waals surface area (Å²) in [6.07, 6.45) is 0. The molecule has 0 bridgehead atoms. The molecule has 0 saturated heterocycles. The summed E-state index contributed by atoms with van der Waals surface area (Å²) < 4.78 is 0. The number of fused-ring (bicyclic) bond motifs is 2. The summed E-state index contributed by atoms with van der Waals surface area (Å²) in [5.41, 5.74) is 13.1. The standard InChI is InChI=1S/C20H16N2O5/c21-11-5-6-13(24)16-14(11)20(27)17-15(19(16)26)12(22)7-10(18(17)25)8-1-3-9(23)4-2-8/h1-7,23-27H,21-22H2. The van der Waals surface area contributed by atoms with Gasteiger partial charge in [0.1, 0.15) is 28.7 Å². The number of phenols is 5. The maximum Gasteiger partial charge on any atom is 0.137 e. The molecule has 27 heavy (non-hydrogen) atoms. The molecule has 9 N–H and O–H groups in total. The van der Waals surface area contributed by atoms with Crippen molar-refractivity contribution in [3.8, 4) is 39.9 Å². The summed E-state index contributed by atoms with van der Waals surface area (Å²) in [6.45, 7) is 0. The summed E-state index contributed by atoms with van der Waals surface area (Å²) in [7, 11) is 0. The van der Waals surface area contributed by atoms with Crippen molar-refractivity contribution < 1.29 is 25.5 Å². The number of nitrogen functional groups attached to an aromatic ring is 2. The predicted octanol–water partition coefficient (Wildman–Crippen LogP) is 3.35. The van der Waals surface area contributed by atoms with E-state index in [1.807, 2.05) is 0 Å². The number of rotatable bonds is 1. The number of phenolic OH excluding ortho intramolecular Hbond substituents is 5. The van der Waals surface area contributed by atoms with Crippen LogP contribution in [0, 0.1) is 0 Å². The first-order valence-electron chi connectivity index (χ1n) is 8.00. The average molecular weight is 364 g/mol. The van der Waals surface area contributed by atoms with Crippen molar-refractivity contribution in [3.05, 3.63) is 42.5 Å². The van der Waals surface area contributed by atoms with Crippen LogP contribution in [0.1, 0.15) is 0 Å². The second-order valence-corrected chi connectivity index (χ2v) is 6.28. The normalized spacial score (nSPS) is 11.3. The molecule has 0 spiro atoms. The van der Waals surface area contributed by atoms with Crippen LogP contribution in [0.25, 0.3) is 32.7 Å². The lowest BCUT2D eigenvalue weighted by atomic mass is 9.93. The van der Waals surface area contributed by atoms with Crippen LogP contribution >= 0.6 is 0 Å². The van der Waals surface area contributed by atoms with Crippen LogP contribution < -0.4 is 11.5 Å². The molecular weight excluding hydrogens is 348 g/mol. The lowest BCUT2D eigenvalue weighted by Crippen LogP contribution is -1.94. The van der Waals surface area contributed by atoms with Crippen molar-refractivity contribution in [1.82, 2.24) is 0 Å². The van der Waals surface area contributed by atoms with E-state index < -0.39 is 11.5 Å². The van der Waals surface area contributed by atoms with E-state index in [-0.39, 0.29) is 50.2 Å². The summed E-state index contributed by atoms with van der Waals surface area (Å²) in [5.74, 6) is -1.34. The van der Waals surface area contributed by atoms with Crippen LogP contribution in [0.2, 0.25) is 0 Å². The highest BCUT2D eigenvalue weighted by Crippen LogP contribution is 2.53. The molecule has 0 aromatic heterocycles. The minimum Gasteiger partial charge on any atom is -0.508 e. The van der Waals surface area contributed by atoms with Gasteiger partial charge in [0.05, 0.1) is 21.5 Å². The predicted molar refractivity (Wildman–Crippen MR) is 104 cm³/mol. The molecule has 0 fully saturated rings. The lowest BCUT2D eigenvalue weighted by Gasteiger charge is -2.17. The minimum absolute atomic E-state index is 0.000860. The first kappa shape index (κ1) is 16.5. The van der Waals surface area contributed by atoms with Gasteiger partial charge >= 0.3 is 0 Å². The Hall–Kier alpha value is -4.00. The minimum atomic E-state index is -0.406. The third kappa shape index (κ3) is 2.22. The number of anilines is 2. The van der Waals surface area contributed by atoms with Crippen LogP contribution in [0.3, 0.4) is 0 Å². The number of hydrogen-bond acceptors (Lipinski definition) is 7. The van der Waals surface area contributed by atoms with Crippen LogP contribution in [-0.4, -0.2) is 25.5 Å². The van der Waals surface area contributed by atoms with Gasteiger partial charge in [-0.05, 0) is 35.9 Å². The van der Waals surface area contributed by atoms with Gasteiger partial charge in [0.2, 0.25) is 0 Å². The Kier molecular flexibility index (Phi) is 3.35. The van der Waals surface area contributed by atoms with Crippen molar-refractivity contribution in [2.24, 2.45) is 0 Å². The van der Waals surface area contributed by atoms with E-state index in [1.165, 1.54) is 30.3 Å². The highest BCUT2D eigenvalue weighted by molar-refractivity contribution is 6.21. The van der Waals surface area contributed by atoms with E-state index >= 15 is 0 Å². The van der Waals surface area contributed by atoms with Gasteiger partial charge in [-0.3, -0.25) is 0 Å². The molecule has 0 unspecified atom stereocenters. The monoisotopic (exact) mass is 364 g/mol. The molecule has 0 aliphatic rings. The molecule has 4 rings (SSSR count). The zero-order valence-corrected chi connectivity index (χ0v) is 13.9. The Labute approximate surface area is 153 Å². The maximum atomic E-state index is 10.8. The summed E-state index contributed by atoms with van der Waals surface area (Å²) >= 11 is 0. The van der Waals surface area contributed by atoms with Gasteiger partial charge in [-0.15, -0.1) is 0 Å². The van der Waals surface area contributed by atoms with E-state index in [0.29, 0.717) is 11.1 Å². The van der Waals surface area contributed by atoms with Gasteiger partial charge < -0.3 is 37.0 Å². The number of benzene rings is 4. The third-order valence-corrected chi connectivity index (χ3v) is 4.67. The molecule has 7 heteroatoms. The van der Waals surface area contributed by atoms with Crippen molar-refractivity contribution >= 4 is 32.9 Å². The molecular formula is C20H16N2O5. The Bertz CT molecular complexity index is 1230. The number of hydrogen-bond donors (Lipinski definition) is 7. The fourth-order valence-electron chi connectivity index (χ4n) is 3.39. The van der Waals surface area contributed by atoms with E-state index in [1.54, 1.807) is 12.1 Å². The summed E-state index contributed by atoms with van der Waals surface area (Å²) in [5, 5.41) is 51.8. The fraction of sp³-hybridized carbons (Fsp3) is 0. The molecule has 0 saturated carbocycles. The molecule has 0 amide bonds. The Morgan fingerprint density at radius 2 is 1.15 bits per heavy atom. The summed E-state index contributed by atoms with van der Waals surface area (Å²) in [6, 6.07) is 10.2. The van der Waals surface area contributed by atoms with Crippen LogP contribution in [0.15, 0.2) is 42.5 Å².